The van der Waals surface area contributed by atoms with Crippen LogP contribution in [0.2, 0.25) is 0 Å². The summed E-state index contributed by atoms with van der Waals surface area (Å²) in [6.07, 6.45) is 1.43. The molecule has 0 saturated heterocycles. The van der Waals surface area contributed by atoms with Gasteiger partial charge < -0.3 is 15.4 Å². The molecule has 0 aliphatic carbocycles. The van der Waals surface area contributed by atoms with Crippen molar-refractivity contribution < 1.29 is 9.72 Å². The molecule has 7 nitrogen and oxygen atoms in total. The fraction of sp³-hybridized carbons (Fsp3) is 0.412. The van der Waals surface area contributed by atoms with Gasteiger partial charge in [0.05, 0.1) is 11.3 Å². The predicted octanol–water partition coefficient (Wildman–Crippen LogP) is 4.44. The van der Waals surface area contributed by atoms with Gasteiger partial charge in [-0.15, -0.1) is 0 Å². The maximum absolute atomic E-state index is 12.5. The van der Waals surface area contributed by atoms with E-state index in [1.54, 1.807) is 0 Å². The van der Waals surface area contributed by atoms with Gasteiger partial charge in [0.2, 0.25) is 5.91 Å². The number of benzene rings is 1. The van der Waals surface area contributed by atoms with Gasteiger partial charge >= 0.3 is 5.82 Å². The van der Waals surface area contributed by atoms with Gasteiger partial charge in [-0.2, -0.15) is 4.68 Å². The number of nitrogens with one attached hydrogen (secondary N) is 1. The van der Waals surface area contributed by atoms with Gasteiger partial charge in [0.1, 0.15) is 11.0 Å². The highest BCUT2D eigenvalue weighted by atomic mass is 79.9. The summed E-state index contributed by atoms with van der Waals surface area (Å²) in [5.41, 5.74) is 2.94. The first-order valence-corrected chi connectivity index (χ1v) is 8.80. The lowest BCUT2D eigenvalue weighted by Crippen LogP contribution is -2.21. The molecule has 0 aliphatic rings. The normalized spacial score (nSPS) is 11.2. The Balaban J connectivity index is 2.26. The van der Waals surface area contributed by atoms with Gasteiger partial charge in [-0.1, -0.05) is 45.9 Å². The maximum Gasteiger partial charge on any atom is 0.404 e. The molecule has 1 aromatic carbocycles. The highest BCUT2D eigenvalue weighted by Crippen LogP contribution is 2.32. The molecule has 8 heteroatoms. The zero-order valence-electron chi connectivity index (χ0n) is 14.6. The highest BCUT2D eigenvalue weighted by Gasteiger charge is 2.21. The molecular weight excluding hydrogens is 388 g/mol. The number of hydrogen-bond acceptors (Lipinski definition) is 4. The Kier molecular flexibility index (Phi) is 5.94. The fourth-order valence-corrected chi connectivity index (χ4v) is 3.07. The van der Waals surface area contributed by atoms with E-state index in [-0.39, 0.29) is 34.6 Å². The number of rotatable bonds is 6. The lowest BCUT2D eigenvalue weighted by molar-refractivity contribution is -0.390. The topological polar surface area (TPSA) is 90.1 Å². The number of hydrogen-bond donors (Lipinski definition) is 1. The third kappa shape index (κ3) is 4.45. The summed E-state index contributed by atoms with van der Waals surface area (Å²) >= 11 is 3.08. The van der Waals surface area contributed by atoms with Crippen LogP contribution in [0.5, 0.6) is 0 Å². The van der Waals surface area contributed by atoms with Crippen molar-refractivity contribution in [2.45, 2.75) is 46.1 Å². The SMILES string of the molecule is CC(C)c1cccc(C(C)C)c1NC(=O)Cn1cc(Br)c([N+](=O)[O-])n1. The van der Waals surface area contributed by atoms with Gasteiger partial charge in [0, 0.05) is 5.69 Å². The molecule has 1 amide bonds. The Morgan fingerprint density at radius 1 is 1.28 bits per heavy atom. The Bertz CT molecular complexity index is 773. The number of nitro groups is 1. The van der Waals surface area contributed by atoms with Crippen LogP contribution in [0.4, 0.5) is 11.5 Å². The van der Waals surface area contributed by atoms with Crippen LogP contribution in [0.25, 0.3) is 0 Å². The average Bonchev–Trinajstić information content (AvgIpc) is 2.87. The van der Waals surface area contributed by atoms with E-state index >= 15 is 0 Å². The number of halogens is 1. The second kappa shape index (κ2) is 7.77. The van der Waals surface area contributed by atoms with Crippen molar-refractivity contribution in [1.29, 1.82) is 0 Å². The number of aromatic nitrogens is 2. The van der Waals surface area contributed by atoms with Crippen molar-refractivity contribution in [3.63, 3.8) is 0 Å². The fourth-order valence-electron chi connectivity index (χ4n) is 2.61. The van der Waals surface area contributed by atoms with Crippen LogP contribution < -0.4 is 5.32 Å². The molecule has 0 fully saturated rings. The van der Waals surface area contributed by atoms with Gasteiger partial charge in [0.25, 0.3) is 0 Å². The molecular formula is C17H21BrN4O3. The minimum absolute atomic E-state index is 0.101. The third-order valence-corrected chi connectivity index (χ3v) is 4.37. The standard InChI is InChI=1S/C17H21BrN4O3/c1-10(2)12-6-5-7-13(11(3)4)16(12)19-15(23)9-21-8-14(18)17(20-21)22(24)25/h5-8,10-11H,9H2,1-4H3,(H,19,23). The van der Waals surface area contributed by atoms with Gasteiger partial charge in [0.15, 0.2) is 0 Å². The predicted molar refractivity (Wildman–Crippen MR) is 99.8 cm³/mol. The molecule has 0 aliphatic heterocycles. The summed E-state index contributed by atoms with van der Waals surface area (Å²) in [5.74, 6) is -0.0685. The molecule has 0 atom stereocenters. The molecule has 0 saturated carbocycles. The van der Waals surface area contributed by atoms with Crippen molar-refractivity contribution in [3.8, 4) is 0 Å². The smallest absolute Gasteiger partial charge is 0.358 e. The molecule has 0 spiro atoms. The summed E-state index contributed by atoms with van der Waals surface area (Å²) in [5, 5.41) is 17.6. The Morgan fingerprint density at radius 3 is 2.28 bits per heavy atom. The maximum atomic E-state index is 12.5. The summed E-state index contributed by atoms with van der Waals surface area (Å²) in [6.45, 7) is 8.19. The van der Waals surface area contributed by atoms with E-state index in [9.17, 15) is 14.9 Å². The zero-order valence-corrected chi connectivity index (χ0v) is 16.2. The second-order valence-corrected chi connectivity index (χ2v) is 7.28. The average molecular weight is 409 g/mol. The number of carbonyl (C=O) groups excluding carboxylic acids is 1. The highest BCUT2D eigenvalue weighted by molar-refractivity contribution is 9.10. The zero-order chi connectivity index (χ0) is 18.7. The number of nitrogens with zero attached hydrogens (tertiary/aromatic N) is 3. The summed E-state index contributed by atoms with van der Waals surface area (Å²) in [4.78, 5) is 22.7. The third-order valence-electron chi connectivity index (χ3n) is 3.82. The van der Waals surface area contributed by atoms with Crippen LogP contribution in [0.3, 0.4) is 0 Å². The number of amides is 1. The molecule has 0 bridgehead atoms. The monoisotopic (exact) mass is 408 g/mol. The molecule has 1 aromatic heterocycles. The van der Waals surface area contributed by atoms with E-state index in [2.05, 4.69) is 54.0 Å². The van der Waals surface area contributed by atoms with Crippen LogP contribution in [0.1, 0.15) is 50.7 Å². The molecule has 2 rings (SSSR count). The Hall–Kier alpha value is -2.22. The van der Waals surface area contributed by atoms with Crippen molar-refractivity contribution in [2.24, 2.45) is 0 Å². The molecule has 134 valence electrons. The quantitative estimate of drug-likeness (QED) is 0.564. The second-order valence-electron chi connectivity index (χ2n) is 6.42. The van der Waals surface area contributed by atoms with Gasteiger partial charge in [-0.3, -0.25) is 4.79 Å². The minimum Gasteiger partial charge on any atom is -0.358 e. The lowest BCUT2D eigenvalue weighted by atomic mass is 9.92. The Labute approximate surface area is 154 Å². The molecule has 25 heavy (non-hydrogen) atoms. The molecule has 0 unspecified atom stereocenters. The van der Waals surface area contributed by atoms with E-state index in [1.165, 1.54) is 10.9 Å². The first kappa shape index (κ1) is 19.1. The van der Waals surface area contributed by atoms with Gasteiger partial charge in [-0.25, -0.2) is 0 Å². The van der Waals surface area contributed by atoms with Crippen LogP contribution in [-0.2, 0) is 11.3 Å². The number of anilines is 1. The lowest BCUT2D eigenvalue weighted by Gasteiger charge is -2.20. The minimum atomic E-state index is -0.594. The first-order valence-electron chi connectivity index (χ1n) is 8.00. The van der Waals surface area contributed by atoms with E-state index in [1.807, 2.05) is 18.2 Å². The largest absolute Gasteiger partial charge is 0.404 e. The van der Waals surface area contributed by atoms with E-state index < -0.39 is 4.92 Å². The Morgan fingerprint density at radius 2 is 1.84 bits per heavy atom. The van der Waals surface area contributed by atoms with Crippen LogP contribution in [0, 0.1) is 10.1 Å². The van der Waals surface area contributed by atoms with Gasteiger partial charge in [-0.05, 0) is 43.8 Å². The van der Waals surface area contributed by atoms with E-state index in [0.29, 0.717) is 0 Å². The summed E-state index contributed by atoms with van der Waals surface area (Å²) < 4.78 is 1.50. The number of carbonyl (C=O) groups is 1. The first-order chi connectivity index (χ1) is 11.7. The summed E-state index contributed by atoms with van der Waals surface area (Å²) in [7, 11) is 0. The molecule has 1 N–H and O–H groups in total. The van der Waals surface area contributed by atoms with Crippen molar-refractivity contribution in [1.82, 2.24) is 9.78 Å². The van der Waals surface area contributed by atoms with Crippen molar-refractivity contribution in [3.05, 3.63) is 50.1 Å². The molecule has 1 heterocycles. The van der Waals surface area contributed by atoms with Crippen molar-refractivity contribution >= 4 is 33.3 Å². The summed E-state index contributed by atoms with van der Waals surface area (Å²) in [6, 6.07) is 6.00. The van der Waals surface area contributed by atoms with E-state index in [0.717, 1.165) is 16.8 Å². The van der Waals surface area contributed by atoms with Crippen LogP contribution in [-0.4, -0.2) is 20.6 Å². The van der Waals surface area contributed by atoms with Crippen LogP contribution >= 0.6 is 15.9 Å². The molecule has 2 aromatic rings. The van der Waals surface area contributed by atoms with Crippen molar-refractivity contribution in [2.75, 3.05) is 5.32 Å². The molecule has 0 radical (unpaired) electrons. The van der Waals surface area contributed by atoms with E-state index in [4.69, 9.17) is 0 Å². The van der Waals surface area contributed by atoms with Crippen LogP contribution in [0.15, 0.2) is 28.9 Å². The number of para-hydroxylation sites is 1.